The first-order valence-corrected chi connectivity index (χ1v) is 14.4. The first kappa shape index (κ1) is 26.8. The van der Waals surface area contributed by atoms with Crippen molar-refractivity contribution in [3.8, 4) is 17.3 Å². The van der Waals surface area contributed by atoms with Crippen molar-refractivity contribution in [2.45, 2.75) is 37.2 Å². The summed E-state index contributed by atoms with van der Waals surface area (Å²) in [5, 5.41) is 3.85. The van der Waals surface area contributed by atoms with Gasteiger partial charge in [-0.25, -0.2) is 26.9 Å². The first-order chi connectivity index (χ1) is 19.5. The molecule has 0 saturated heterocycles. The normalized spacial score (nSPS) is 14.6. The van der Waals surface area contributed by atoms with Gasteiger partial charge in [-0.3, -0.25) is 4.79 Å². The smallest absolute Gasteiger partial charge is 0.219 e. The van der Waals surface area contributed by atoms with Crippen LogP contribution < -0.4 is 10.5 Å². The molecule has 8 nitrogen and oxygen atoms in total. The number of pyridine rings is 1. The zero-order chi connectivity index (χ0) is 29.1. The Hall–Kier alpha value is -4.45. The number of carbonyl (C=O) groups excluding carboxylic acids is 1. The van der Waals surface area contributed by atoms with Crippen LogP contribution >= 0.6 is 0 Å². The number of sulfone groups is 1. The molecule has 2 heterocycles. The van der Waals surface area contributed by atoms with Crippen LogP contribution in [0.15, 0.2) is 54.4 Å². The molecule has 1 fully saturated rings. The van der Waals surface area contributed by atoms with Gasteiger partial charge in [-0.05, 0) is 60.7 Å². The summed E-state index contributed by atoms with van der Waals surface area (Å²) in [7, 11) is -3.40. The van der Waals surface area contributed by atoms with Gasteiger partial charge >= 0.3 is 0 Å². The Bertz CT molecular complexity index is 1880. The number of hydrogen-bond donors (Lipinski definition) is 1. The standard InChI is InChI=1S/C29H23F3N4O4S/c1-15-7-26(40-25-4-2-3-22(30)27(25)32)34-13-24(15)36-29(33)21(12-35-36)28(37)18-8-16-10-19(23(31)11-17(16)9-18)14-41(38,39)20-5-6-20/h2-4,7,9-13,20H,5-6,8,14,33H2,1H3. The Morgan fingerprint density at radius 2 is 1.90 bits per heavy atom. The third kappa shape index (κ3) is 4.99. The van der Waals surface area contributed by atoms with Crippen LogP contribution in [0.2, 0.25) is 0 Å². The average molecular weight is 581 g/mol. The highest BCUT2D eigenvalue weighted by molar-refractivity contribution is 7.91. The van der Waals surface area contributed by atoms with Gasteiger partial charge < -0.3 is 10.5 Å². The molecule has 0 unspecified atom stereocenters. The molecule has 0 aliphatic heterocycles. The number of ether oxygens (including phenoxy) is 1. The molecule has 6 rings (SSSR count). The van der Waals surface area contributed by atoms with Crippen molar-refractivity contribution in [3.05, 3.63) is 99.6 Å². The van der Waals surface area contributed by atoms with Gasteiger partial charge in [0, 0.05) is 23.6 Å². The van der Waals surface area contributed by atoms with Crippen LogP contribution in [-0.2, 0) is 22.0 Å². The summed E-state index contributed by atoms with van der Waals surface area (Å²) >= 11 is 0. The summed E-state index contributed by atoms with van der Waals surface area (Å²) in [6.45, 7) is 1.71. The van der Waals surface area contributed by atoms with Gasteiger partial charge in [0.1, 0.15) is 11.6 Å². The second-order valence-corrected chi connectivity index (χ2v) is 12.4. The number of allylic oxidation sites excluding steroid dienone is 1. The molecule has 0 bridgehead atoms. The molecule has 41 heavy (non-hydrogen) atoms. The Morgan fingerprint density at radius 1 is 1.12 bits per heavy atom. The molecular weight excluding hydrogens is 557 g/mol. The number of nitrogen functional groups attached to an aromatic ring is 1. The van der Waals surface area contributed by atoms with E-state index in [-0.39, 0.29) is 40.7 Å². The van der Waals surface area contributed by atoms with Crippen molar-refractivity contribution in [1.29, 1.82) is 0 Å². The average Bonchev–Trinajstić information content (AvgIpc) is 3.62. The molecule has 0 atom stereocenters. The number of anilines is 1. The third-order valence-electron chi connectivity index (χ3n) is 7.17. The summed E-state index contributed by atoms with van der Waals surface area (Å²) in [6, 6.07) is 7.83. The van der Waals surface area contributed by atoms with Crippen LogP contribution in [0, 0.1) is 24.4 Å². The van der Waals surface area contributed by atoms with E-state index in [1.807, 2.05) is 0 Å². The maximum absolute atomic E-state index is 14.7. The number of nitrogens with two attached hydrogens (primary N) is 1. The monoisotopic (exact) mass is 580 g/mol. The van der Waals surface area contributed by atoms with E-state index < -0.39 is 38.3 Å². The van der Waals surface area contributed by atoms with Gasteiger partial charge in [-0.2, -0.15) is 9.49 Å². The van der Waals surface area contributed by atoms with Crippen molar-refractivity contribution in [2.24, 2.45) is 0 Å². The lowest BCUT2D eigenvalue weighted by atomic mass is 10.0. The minimum Gasteiger partial charge on any atom is -0.436 e. The molecule has 0 radical (unpaired) electrons. The second-order valence-electron chi connectivity index (χ2n) is 10.1. The maximum Gasteiger partial charge on any atom is 0.219 e. The molecule has 2 N–H and O–H groups in total. The number of hydrogen-bond acceptors (Lipinski definition) is 7. The van der Waals surface area contributed by atoms with Crippen LogP contribution in [-0.4, -0.2) is 34.2 Å². The molecular formula is C29H23F3N4O4S. The van der Waals surface area contributed by atoms with E-state index in [0.29, 0.717) is 40.8 Å². The van der Waals surface area contributed by atoms with Crippen molar-refractivity contribution in [1.82, 2.24) is 14.8 Å². The van der Waals surface area contributed by atoms with Crippen molar-refractivity contribution in [3.63, 3.8) is 0 Å². The van der Waals surface area contributed by atoms with Crippen LogP contribution in [0.4, 0.5) is 19.0 Å². The lowest BCUT2D eigenvalue weighted by Gasteiger charge is -2.11. The molecule has 2 aromatic carbocycles. The summed E-state index contributed by atoms with van der Waals surface area (Å²) in [4.78, 5) is 17.5. The Morgan fingerprint density at radius 3 is 2.63 bits per heavy atom. The number of Topliss-reactive ketones (excluding diaryl/α,β-unsaturated/α-hetero) is 1. The fourth-order valence-corrected chi connectivity index (χ4v) is 6.55. The summed E-state index contributed by atoms with van der Waals surface area (Å²) < 4.78 is 73.7. The number of aryl methyl sites for hydroxylation is 1. The summed E-state index contributed by atoms with van der Waals surface area (Å²) in [5.74, 6) is -3.84. The predicted molar refractivity (Wildman–Crippen MR) is 145 cm³/mol. The second kappa shape index (κ2) is 9.88. The lowest BCUT2D eigenvalue weighted by Crippen LogP contribution is -2.11. The Balaban J connectivity index is 1.21. The molecule has 210 valence electrons. The fraction of sp³-hybridized carbons (Fsp3) is 0.207. The van der Waals surface area contributed by atoms with Crippen LogP contribution in [0.5, 0.6) is 11.6 Å². The van der Waals surface area contributed by atoms with Crippen LogP contribution in [0.3, 0.4) is 0 Å². The Labute approximate surface area is 233 Å². The maximum atomic E-state index is 14.7. The third-order valence-corrected chi connectivity index (χ3v) is 9.37. The lowest BCUT2D eigenvalue weighted by molar-refractivity contribution is 0.103. The van der Waals surface area contributed by atoms with Crippen molar-refractivity contribution >= 4 is 27.5 Å². The molecule has 2 aliphatic rings. The predicted octanol–water partition coefficient (Wildman–Crippen LogP) is 5.27. The molecule has 4 aromatic rings. The minimum atomic E-state index is -3.40. The highest BCUT2D eigenvalue weighted by Crippen LogP contribution is 2.35. The summed E-state index contributed by atoms with van der Waals surface area (Å²) in [5.41, 5.74) is 9.07. The van der Waals surface area contributed by atoms with E-state index in [2.05, 4.69) is 10.1 Å². The number of rotatable bonds is 8. The zero-order valence-corrected chi connectivity index (χ0v) is 22.5. The van der Waals surface area contributed by atoms with Gasteiger partial charge in [-0.1, -0.05) is 12.1 Å². The van der Waals surface area contributed by atoms with E-state index in [0.717, 1.165) is 6.07 Å². The van der Waals surface area contributed by atoms with Crippen molar-refractivity contribution < 1.29 is 31.1 Å². The number of carbonyl (C=O) groups is 1. The minimum absolute atomic E-state index is 0.0168. The highest BCUT2D eigenvalue weighted by Gasteiger charge is 2.36. The first-order valence-electron chi connectivity index (χ1n) is 12.7. The molecule has 12 heteroatoms. The van der Waals surface area contributed by atoms with Gasteiger partial charge in [0.15, 0.2) is 27.2 Å². The van der Waals surface area contributed by atoms with Crippen LogP contribution in [0.25, 0.3) is 11.8 Å². The van der Waals surface area contributed by atoms with E-state index in [1.54, 1.807) is 13.0 Å². The van der Waals surface area contributed by atoms with E-state index in [1.165, 1.54) is 47.4 Å². The fourth-order valence-electron chi connectivity index (χ4n) is 4.81. The quantitative estimate of drug-likeness (QED) is 0.282. The number of ketones is 1. The SMILES string of the molecule is Cc1cc(Oc2cccc(F)c2F)ncc1-n1ncc(C(=O)C2=Cc3cc(F)c(CS(=O)(=O)C4CC4)cc3C2)c1N. The molecule has 1 saturated carbocycles. The number of benzene rings is 2. The summed E-state index contributed by atoms with van der Waals surface area (Å²) in [6.07, 6.45) is 5.67. The molecule has 0 spiro atoms. The van der Waals surface area contributed by atoms with E-state index in [4.69, 9.17) is 10.5 Å². The molecule has 2 aliphatic carbocycles. The van der Waals surface area contributed by atoms with Gasteiger partial charge in [-0.15, -0.1) is 0 Å². The van der Waals surface area contributed by atoms with Gasteiger partial charge in [0.05, 0.1) is 34.6 Å². The van der Waals surface area contributed by atoms with Gasteiger partial charge in [0.2, 0.25) is 11.7 Å². The Kier molecular flexibility index (Phi) is 6.45. The number of fused-ring (bicyclic) bond motifs is 1. The topological polar surface area (TPSA) is 117 Å². The van der Waals surface area contributed by atoms with Crippen LogP contribution in [0.1, 0.15) is 45.5 Å². The van der Waals surface area contributed by atoms with E-state index in [9.17, 15) is 26.4 Å². The highest BCUT2D eigenvalue weighted by atomic mass is 32.2. The number of aromatic nitrogens is 3. The zero-order valence-electron chi connectivity index (χ0n) is 21.7. The largest absolute Gasteiger partial charge is 0.436 e. The molecule has 0 amide bonds. The number of halogens is 3. The van der Waals surface area contributed by atoms with Crippen molar-refractivity contribution in [2.75, 3.05) is 5.73 Å². The van der Waals surface area contributed by atoms with E-state index >= 15 is 0 Å². The number of nitrogens with zero attached hydrogens (tertiary/aromatic N) is 3. The van der Waals surface area contributed by atoms with Gasteiger partial charge in [0.25, 0.3) is 0 Å². The molecule has 2 aromatic heterocycles.